The van der Waals surface area contributed by atoms with Gasteiger partial charge in [0, 0.05) is 12.3 Å². The summed E-state index contributed by atoms with van der Waals surface area (Å²) in [5, 5.41) is 8.56. The van der Waals surface area contributed by atoms with Crippen LogP contribution in [0.4, 0.5) is 0 Å². The van der Waals surface area contributed by atoms with Crippen molar-refractivity contribution in [3.05, 3.63) is 30.5 Å². The van der Waals surface area contributed by atoms with Crippen molar-refractivity contribution in [2.24, 2.45) is 0 Å². The quantitative estimate of drug-likeness (QED) is 0.345. The van der Waals surface area contributed by atoms with Gasteiger partial charge in [-0.3, -0.25) is 4.79 Å². The number of fused-ring (bicyclic) bond motifs is 1. The Morgan fingerprint density at radius 3 is 2.93 bits per heavy atom. The number of hydrogen-bond acceptors (Lipinski definition) is 4. The predicted molar refractivity (Wildman–Crippen MR) is 52.0 cm³/mol. The third kappa shape index (κ3) is 3.32. The molecule has 1 aromatic carbocycles. The molecule has 0 aliphatic rings. The molecule has 15 heavy (non-hydrogen) atoms. The first-order valence-electron chi connectivity index (χ1n) is 4.15. The van der Waals surface area contributed by atoms with Gasteiger partial charge >= 0.3 is 57.4 Å². The molecule has 0 spiro atoms. The van der Waals surface area contributed by atoms with E-state index >= 15 is 0 Å². The van der Waals surface area contributed by atoms with Gasteiger partial charge in [0.05, 0.1) is 11.7 Å². The van der Waals surface area contributed by atoms with E-state index in [0.717, 1.165) is 10.9 Å². The van der Waals surface area contributed by atoms with Crippen LogP contribution in [0.2, 0.25) is 0 Å². The number of carbonyl (C=O) groups is 1. The number of aromatic nitrogens is 2. The van der Waals surface area contributed by atoms with Crippen LogP contribution in [0.5, 0.6) is 5.75 Å². The van der Waals surface area contributed by atoms with Gasteiger partial charge in [0.15, 0.2) is 0 Å². The summed E-state index contributed by atoms with van der Waals surface area (Å²) in [5.41, 5.74) is 0.781. The van der Waals surface area contributed by atoms with E-state index in [1.807, 2.05) is 6.07 Å². The summed E-state index contributed by atoms with van der Waals surface area (Å²) in [7, 11) is 0. The summed E-state index contributed by atoms with van der Waals surface area (Å²) in [4.78, 5) is 10.7. The van der Waals surface area contributed by atoms with Gasteiger partial charge in [-0.05, 0) is 24.3 Å². The third-order valence-electron chi connectivity index (χ3n) is 1.75. The molecule has 0 fully saturated rings. The molecular formula is C10H9KN2O2. The molecule has 72 valence electrons. The Hall–Kier alpha value is -0.334. The Morgan fingerprint density at radius 1 is 1.40 bits per heavy atom. The average molecular weight is 228 g/mol. The predicted octanol–water partition coefficient (Wildman–Crippen LogP) is -1.33. The van der Waals surface area contributed by atoms with Crippen molar-refractivity contribution in [1.29, 1.82) is 0 Å². The number of esters is 1. The van der Waals surface area contributed by atoms with E-state index in [1.54, 1.807) is 24.4 Å². The summed E-state index contributed by atoms with van der Waals surface area (Å²) < 4.78 is 4.94. The molecule has 0 N–H and O–H groups in total. The second kappa shape index (κ2) is 5.67. The van der Waals surface area contributed by atoms with Crippen molar-refractivity contribution in [2.45, 2.75) is 6.92 Å². The molecule has 5 heteroatoms. The molecule has 4 nitrogen and oxygen atoms in total. The number of ether oxygens (including phenoxy) is 1. The van der Waals surface area contributed by atoms with E-state index in [2.05, 4.69) is 10.2 Å². The van der Waals surface area contributed by atoms with Gasteiger partial charge in [-0.15, -0.1) is 0 Å². The number of benzene rings is 1. The van der Waals surface area contributed by atoms with Crippen molar-refractivity contribution in [3.63, 3.8) is 0 Å². The Bertz CT molecular complexity index is 493. The summed E-state index contributed by atoms with van der Waals surface area (Å²) >= 11 is 0. The van der Waals surface area contributed by atoms with Gasteiger partial charge in [-0.2, -0.15) is 10.2 Å². The Morgan fingerprint density at radius 2 is 2.20 bits per heavy atom. The fourth-order valence-corrected chi connectivity index (χ4v) is 1.20. The van der Waals surface area contributed by atoms with Crippen LogP contribution in [0.25, 0.3) is 10.9 Å². The molecule has 1 heterocycles. The maximum atomic E-state index is 10.7. The first-order valence-corrected chi connectivity index (χ1v) is 4.15. The Balaban J connectivity index is 0.00000112. The maximum Gasteiger partial charge on any atom is 1.00 e. The van der Waals surface area contributed by atoms with E-state index in [4.69, 9.17) is 4.74 Å². The van der Waals surface area contributed by atoms with Gasteiger partial charge in [-0.1, -0.05) is 0 Å². The molecule has 0 aliphatic heterocycles. The molecule has 2 rings (SSSR count). The molecule has 2 aromatic rings. The molecule has 0 radical (unpaired) electrons. The largest absolute Gasteiger partial charge is 1.00 e. The Labute approximate surface area is 131 Å². The molecule has 0 bridgehead atoms. The summed E-state index contributed by atoms with van der Waals surface area (Å²) in [6, 6.07) is 7.03. The van der Waals surface area contributed by atoms with E-state index in [1.165, 1.54) is 6.92 Å². The minimum absolute atomic E-state index is 0. The SMILES string of the molecule is CC(=O)Oc1ccc2nnccc2c1.[H-].[K+]. The van der Waals surface area contributed by atoms with Crippen LogP contribution in [0, 0.1) is 0 Å². The summed E-state index contributed by atoms with van der Waals surface area (Å²) in [5.74, 6) is 0.198. The molecule has 0 atom stereocenters. The minimum atomic E-state index is -0.327. The first kappa shape index (κ1) is 12.7. The molecule has 1 aromatic heterocycles. The minimum Gasteiger partial charge on any atom is -1.00 e. The summed E-state index contributed by atoms with van der Waals surface area (Å²) in [6.45, 7) is 1.37. The molecule has 0 unspecified atom stereocenters. The monoisotopic (exact) mass is 228 g/mol. The van der Waals surface area contributed by atoms with Crippen LogP contribution in [-0.4, -0.2) is 16.2 Å². The van der Waals surface area contributed by atoms with Crippen LogP contribution in [0.1, 0.15) is 8.35 Å². The van der Waals surface area contributed by atoms with Crippen molar-refractivity contribution in [1.82, 2.24) is 10.2 Å². The van der Waals surface area contributed by atoms with E-state index < -0.39 is 0 Å². The molecule has 0 saturated carbocycles. The van der Waals surface area contributed by atoms with Crippen molar-refractivity contribution in [3.8, 4) is 5.75 Å². The molecule has 0 amide bonds. The average Bonchev–Trinajstić information content (AvgIpc) is 2.17. The van der Waals surface area contributed by atoms with E-state index in [-0.39, 0.29) is 58.8 Å². The second-order valence-electron chi connectivity index (χ2n) is 2.85. The fraction of sp³-hybridized carbons (Fsp3) is 0.100. The smallest absolute Gasteiger partial charge is 1.00 e. The van der Waals surface area contributed by atoms with E-state index in [9.17, 15) is 4.79 Å². The summed E-state index contributed by atoms with van der Waals surface area (Å²) in [6.07, 6.45) is 1.60. The zero-order valence-electron chi connectivity index (χ0n) is 9.60. The number of rotatable bonds is 1. The van der Waals surface area contributed by atoms with Crippen molar-refractivity contribution >= 4 is 16.9 Å². The van der Waals surface area contributed by atoms with Crippen LogP contribution >= 0.6 is 0 Å². The van der Waals surface area contributed by atoms with Crippen molar-refractivity contribution < 1.29 is 62.3 Å². The maximum absolute atomic E-state index is 10.7. The normalized spacial score (nSPS) is 9.40. The van der Waals surface area contributed by atoms with Crippen molar-refractivity contribution in [2.75, 3.05) is 0 Å². The molecular weight excluding hydrogens is 219 g/mol. The van der Waals surface area contributed by atoms with Crippen LogP contribution in [0.15, 0.2) is 30.5 Å². The van der Waals surface area contributed by atoms with Gasteiger partial charge in [-0.25, -0.2) is 0 Å². The standard InChI is InChI=1S/C10H8N2O2.K.H/c1-7(13)14-9-2-3-10-8(6-9)4-5-11-12-10;;/h2-6H,1H3;;/q;+1;-1. The first-order chi connectivity index (χ1) is 6.75. The number of nitrogens with zero attached hydrogens (tertiary/aromatic N) is 2. The molecule has 0 aliphatic carbocycles. The fourth-order valence-electron chi connectivity index (χ4n) is 1.20. The molecule has 0 saturated heterocycles. The van der Waals surface area contributed by atoms with Gasteiger partial charge < -0.3 is 6.16 Å². The third-order valence-corrected chi connectivity index (χ3v) is 1.75. The second-order valence-corrected chi connectivity index (χ2v) is 2.85. The number of carbonyl (C=O) groups excluding carboxylic acids is 1. The van der Waals surface area contributed by atoms with Gasteiger partial charge in [0.25, 0.3) is 0 Å². The zero-order chi connectivity index (χ0) is 9.97. The number of hydrogen-bond donors (Lipinski definition) is 0. The van der Waals surface area contributed by atoms with E-state index in [0.29, 0.717) is 5.75 Å². The van der Waals surface area contributed by atoms with Crippen LogP contribution in [0.3, 0.4) is 0 Å². The Kier molecular flexibility index (Phi) is 4.81. The topological polar surface area (TPSA) is 52.1 Å². The van der Waals surface area contributed by atoms with Crippen LogP contribution < -0.4 is 56.1 Å². The van der Waals surface area contributed by atoms with Gasteiger partial charge in [0.2, 0.25) is 0 Å². The zero-order valence-corrected chi connectivity index (χ0v) is 11.7. The van der Waals surface area contributed by atoms with Gasteiger partial charge in [0.1, 0.15) is 5.75 Å². The van der Waals surface area contributed by atoms with Crippen LogP contribution in [-0.2, 0) is 4.79 Å².